The van der Waals surface area contributed by atoms with Crippen LogP contribution in [0.4, 0.5) is 5.69 Å². The van der Waals surface area contributed by atoms with Gasteiger partial charge in [0, 0.05) is 17.1 Å². The third kappa shape index (κ3) is 2.76. The molecule has 0 aliphatic heterocycles. The van der Waals surface area contributed by atoms with E-state index in [1.165, 1.54) is 0 Å². The van der Waals surface area contributed by atoms with Crippen LogP contribution in [-0.2, 0) is 4.79 Å². The Morgan fingerprint density at radius 1 is 1.42 bits per heavy atom. The van der Waals surface area contributed by atoms with Gasteiger partial charge in [-0.3, -0.25) is 9.48 Å². The minimum Gasteiger partial charge on any atom is -0.324 e. The Morgan fingerprint density at radius 3 is 2.68 bits per heavy atom. The zero-order valence-electron chi connectivity index (χ0n) is 11.8. The van der Waals surface area contributed by atoms with Gasteiger partial charge < -0.3 is 11.1 Å². The number of rotatable bonds is 3. The molecule has 1 aromatic heterocycles. The first-order valence-electron chi connectivity index (χ1n) is 6.36. The Kier molecular flexibility index (Phi) is 3.32. The van der Waals surface area contributed by atoms with Gasteiger partial charge in [-0.15, -0.1) is 0 Å². The van der Waals surface area contributed by atoms with E-state index in [-0.39, 0.29) is 11.9 Å². The van der Waals surface area contributed by atoms with Crippen LogP contribution in [0.5, 0.6) is 0 Å². The average Bonchev–Trinajstić information content (AvgIpc) is 2.70. The summed E-state index contributed by atoms with van der Waals surface area (Å²) in [4.78, 5) is 11.9. The van der Waals surface area contributed by atoms with Crippen molar-refractivity contribution in [3.63, 3.8) is 0 Å². The molecule has 1 aromatic carbocycles. The van der Waals surface area contributed by atoms with Crippen LogP contribution in [0.25, 0.3) is 10.9 Å². The minimum absolute atomic E-state index is 0.206. The van der Waals surface area contributed by atoms with Crippen LogP contribution in [0.3, 0.4) is 0 Å². The summed E-state index contributed by atoms with van der Waals surface area (Å²) < 4.78 is 1.93. The van der Waals surface area contributed by atoms with Gasteiger partial charge in [0.05, 0.1) is 17.3 Å². The Balaban J connectivity index is 2.36. The first-order valence-corrected chi connectivity index (χ1v) is 6.36. The molecule has 3 N–H and O–H groups in total. The van der Waals surface area contributed by atoms with Crippen LogP contribution >= 0.6 is 0 Å². The van der Waals surface area contributed by atoms with Crippen LogP contribution in [0.1, 0.15) is 33.7 Å². The lowest BCUT2D eigenvalue weighted by Gasteiger charge is -2.18. The fourth-order valence-electron chi connectivity index (χ4n) is 1.82. The summed E-state index contributed by atoms with van der Waals surface area (Å²) in [5.74, 6) is -0.206. The lowest BCUT2D eigenvalue weighted by Crippen LogP contribution is -2.45. The molecule has 0 bridgehead atoms. The van der Waals surface area contributed by atoms with Gasteiger partial charge in [0.2, 0.25) is 5.91 Å². The zero-order chi connectivity index (χ0) is 14.2. The molecule has 5 nitrogen and oxygen atoms in total. The third-order valence-corrected chi connectivity index (χ3v) is 2.93. The van der Waals surface area contributed by atoms with E-state index in [1.807, 2.05) is 29.1 Å². The van der Waals surface area contributed by atoms with Gasteiger partial charge in [-0.05, 0) is 45.9 Å². The van der Waals surface area contributed by atoms with E-state index in [9.17, 15) is 4.79 Å². The van der Waals surface area contributed by atoms with Gasteiger partial charge in [-0.25, -0.2) is 0 Å². The SMILES string of the molecule is CC(C)n1ncc2ccc(NC(=O)C(C)(C)N)cc21. The molecule has 0 aliphatic rings. The summed E-state index contributed by atoms with van der Waals surface area (Å²) in [5.41, 5.74) is 6.61. The van der Waals surface area contributed by atoms with Crippen molar-refractivity contribution < 1.29 is 4.79 Å². The maximum atomic E-state index is 11.9. The number of nitrogens with one attached hydrogen (secondary N) is 1. The summed E-state index contributed by atoms with van der Waals surface area (Å²) in [6.07, 6.45) is 1.83. The van der Waals surface area contributed by atoms with E-state index in [1.54, 1.807) is 13.8 Å². The molecule has 1 amide bonds. The van der Waals surface area contributed by atoms with E-state index in [0.29, 0.717) is 0 Å². The van der Waals surface area contributed by atoms with Gasteiger partial charge in [0.25, 0.3) is 0 Å². The number of amides is 1. The number of benzene rings is 1. The second kappa shape index (κ2) is 4.66. The molecular formula is C14H20N4O. The molecular weight excluding hydrogens is 240 g/mol. The molecule has 2 aromatic rings. The third-order valence-electron chi connectivity index (χ3n) is 2.93. The molecule has 1 heterocycles. The van der Waals surface area contributed by atoms with E-state index >= 15 is 0 Å². The lowest BCUT2D eigenvalue weighted by atomic mass is 10.1. The Hall–Kier alpha value is -1.88. The molecule has 0 radical (unpaired) electrons. The van der Waals surface area contributed by atoms with Crippen LogP contribution in [0.2, 0.25) is 0 Å². The molecule has 0 unspecified atom stereocenters. The van der Waals surface area contributed by atoms with Crippen LogP contribution in [-0.4, -0.2) is 21.2 Å². The molecule has 0 aliphatic carbocycles. The van der Waals surface area contributed by atoms with Crippen LogP contribution < -0.4 is 11.1 Å². The average molecular weight is 260 g/mol. The molecule has 0 spiro atoms. The van der Waals surface area contributed by atoms with Gasteiger partial charge >= 0.3 is 0 Å². The fraction of sp³-hybridized carbons (Fsp3) is 0.429. The maximum Gasteiger partial charge on any atom is 0.243 e. The number of carbonyl (C=O) groups is 1. The van der Waals surface area contributed by atoms with E-state index in [4.69, 9.17) is 5.73 Å². The van der Waals surface area contributed by atoms with Crippen molar-refractivity contribution in [3.8, 4) is 0 Å². The Bertz CT molecular complexity index is 607. The normalized spacial score (nSPS) is 12.1. The second-order valence-corrected chi connectivity index (χ2v) is 5.63. The number of hydrogen-bond donors (Lipinski definition) is 2. The number of nitrogens with two attached hydrogens (primary N) is 1. The molecule has 102 valence electrons. The summed E-state index contributed by atoms with van der Waals surface area (Å²) in [6.45, 7) is 7.50. The number of carbonyl (C=O) groups excluding carboxylic acids is 1. The molecule has 19 heavy (non-hydrogen) atoms. The largest absolute Gasteiger partial charge is 0.324 e. The first kappa shape index (κ1) is 13.5. The fourth-order valence-corrected chi connectivity index (χ4v) is 1.82. The minimum atomic E-state index is -0.896. The molecule has 5 heteroatoms. The van der Waals surface area contributed by atoms with Crippen molar-refractivity contribution in [1.82, 2.24) is 9.78 Å². The molecule has 0 saturated heterocycles. The van der Waals surface area contributed by atoms with Crippen molar-refractivity contribution in [2.45, 2.75) is 39.3 Å². The number of anilines is 1. The van der Waals surface area contributed by atoms with Gasteiger partial charge in [-0.2, -0.15) is 5.10 Å². The smallest absolute Gasteiger partial charge is 0.243 e. The molecule has 0 saturated carbocycles. The lowest BCUT2D eigenvalue weighted by molar-refractivity contribution is -0.120. The van der Waals surface area contributed by atoms with Crippen molar-refractivity contribution >= 4 is 22.5 Å². The highest BCUT2D eigenvalue weighted by molar-refractivity contribution is 5.98. The number of nitrogens with zero attached hydrogens (tertiary/aromatic N) is 2. The van der Waals surface area contributed by atoms with E-state index in [2.05, 4.69) is 24.3 Å². The molecule has 2 rings (SSSR count). The maximum absolute atomic E-state index is 11.9. The van der Waals surface area contributed by atoms with Crippen LogP contribution in [0, 0.1) is 0 Å². The highest BCUT2D eigenvalue weighted by Crippen LogP contribution is 2.22. The van der Waals surface area contributed by atoms with Gasteiger partial charge in [0.1, 0.15) is 0 Å². The highest BCUT2D eigenvalue weighted by atomic mass is 16.2. The molecule has 0 atom stereocenters. The van der Waals surface area contributed by atoms with Gasteiger partial charge in [0.15, 0.2) is 0 Å². The Morgan fingerprint density at radius 2 is 2.11 bits per heavy atom. The standard InChI is InChI=1S/C14H20N4O/c1-9(2)18-12-7-11(6-5-10(12)8-16-18)17-13(19)14(3,4)15/h5-9H,15H2,1-4H3,(H,17,19). The number of fused-ring (bicyclic) bond motifs is 1. The number of aromatic nitrogens is 2. The van der Waals surface area contributed by atoms with E-state index in [0.717, 1.165) is 16.6 Å². The van der Waals surface area contributed by atoms with Crippen LogP contribution in [0.15, 0.2) is 24.4 Å². The Labute approximate surface area is 112 Å². The topological polar surface area (TPSA) is 72.9 Å². The van der Waals surface area contributed by atoms with Crippen molar-refractivity contribution in [3.05, 3.63) is 24.4 Å². The zero-order valence-corrected chi connectivity index (χ0v) is 11.8. The summed E-state index contributed by atoms with van der Waals surface area (Å²) in [6, 6.07) is 6.00. The highest BCUT2D eigenvalue weighted by Gasteiger charge is 2.22. The van der Waals surface area contributed by atoms with Crippen molar-refractivity contribution in [1.29, 1.82) is 0 Å². The first-order chi connectivity index (χ1) is 8.79. The summed E-state index contributed by atoms with van der Waals surface area (Å²) in [7, 11) is 0. The van der Waals surface area contributed by atoms with Crippen molar-refractivity contribution in [2.24, 2.45) is 5.73 Å². The predicted molar refractivity (Wildman–Crippen MR) is 77.0 cm³/mol. The predicted octanol–water partition coefficient (Wildman–Crippen LogP) is 2.29. The van der Waals surface area contributed by atoms with Crippen molar-refractivity contribution in [2.75, 3.05) is 5.32 Å². The van der Waals surface area contributed by atoms with Gasteiger partial charge in [-0.1, -0.05) is 0 Å². The summed E-state index contributed by atoms with van der Waals surface area (Å²) >= 11 is 0. The monoisotopic (exact) mass is 260 g/mol. The molecule has 0 fully saturated rings. The second-order valence-electron chi connectivity index (χ2n) is 5.63. The summed E-state index contributed by atoms with van der Waals surface area (Å²) in [5, 5.41) is 8.22. The van der Waals surface area contributed by atoms with E-state index < -0.39 is 5.54 Å². The number of hydrogen-bond acceptors (Lipinski definition) is 3. The quantitative estimate of drug-likeness (QED) is 0.889.